The summed E-state index contributed by atoms with van der Waals surface area (Å²) in [6.45, 7) is 2.68. The van der Waals surface area contributed by atoms with Gasteiger partial charge in [0.05, 0.1) is 0 Å². The fraction of sp³-hybridized carbons (Fsp3) is 0.385. The lowest BCUT2D eigenvalue weighted by Gasteiger charge is -2.33. The molecule has 0 radical (unpaired) electrons. The molecule has 1 aromatic rings. The lowest BCUT2D eigenvalue weighted by Crippen LogP contribution is -2.47. The molecule has 0 saturated carbocycles. The van der Waals surface area contributed by atoms with E-state index in [1.807, 2.05) is 0 Å². The molecule has 2 N–H and O–H groups in total. The second-order valence-electron chi connectivity index (χ2n) is 4.55. The largest absolute Gasteiger partial charge is 0.508 e. The van der Waals surface area contributed by atoms with Gasteiger partial charge in [0.1, 0.15) is 12.0 Å². The summed E-state index contributed by atoms with van der Waals surface area (Å²) in [6.07, 6.45) is -0.156. The molecule has 1 aromatic carbocycles. The molecular formula is C13H16N2O4. The predicted molar refractivity (Wildman–Crippen MR) is 68.4 cm³/mol. The summed E-state index contributed by atoms with van der Waals surface area (Å²) in [7, 11) is 0. The lowest BCUT2D eigenvalue weighted by molar-refractivity contribution is 0.102. The van der Waals surface area contributed by atoms with E-state index in [9.17, 15) is 14.7 Å². The van der Waals surface area contributed by atoms with Gasteiger partial charge in [0.25, 0.3) is 0 Å². The predicted octanol–water partition coefficient (Wildman–Crippen LogP) is 1.00. The molecule has 0 atom stereocenters. The summed E-state index contributed by atoms with van der Waals surface area (Å²) in [5.74, 6) is 0.159. The normalized spacial score (nSPS) is 16.3. The summed E-state index contributed by atoms with van der Waals surface area (Å²) in [6, 6.07) is 4.73. The van der Waals surface area contributed by atoms with Crippen molar-refractivity contribution in [1.82, 2.24) is 9.80 Å². The summed E-state index contributed by atoms with van der Waals surface area (Å²) in [5.41, 5.74) is 1.21. The third-order valence-corrected chi connectivity index (χ3v) is 3.28. The molecule has 1 saturated heterocycles. The third-order valence-electron chi connectivity index (χ3n) is 3.28. The first-order chi connectivity index (χ1) is 9.10. The van der Waals surface area contributed by atoms with Crippen LogP contribution >= 0.6 is 0 Å². The van der Waals surface area contributed by atoms with Crippen molar-refractivity contribution in [3.05, 3.63) is 29.3 Å². The van der Waals surface area contributed by atoms with Gasteiger partial charge in [0, 0.05) is 43.9 Å². The fourth-order valence-electron chi connectivity index (χ4n) is 2.14. The standard InChI is InChI=1S/C13H16N2O4/c16-9-10-1-2-12(17)11(7-10)8-14-3-5-15(6-4-14)13(18)19/h1-2,7,9,17H,3-6,8H2,(H,18,19). The van der Waals surface area contributed by atoms with Gasteiger partial charge in [0.2, 0.25) is 0 Å². The monoisotopic (exact) mass is 264 g/mol. The second kappa shape index (κ2) is 5.71. The fourth-order valence-corrected chi connectivity index (χ4v) is 2.14. The van der Waals surface area contributed by atoms with Crippen LogP contribution in [0.1, 0.15) is 15.9 Å². The summed E-state index contributed by atoms with van der Waals surface area (Å²) in [4.78, 5) is 24.9. The van der Waals surface area contributed by atoms with Crippen LogP contribution in [0, 0.1) is 0 Å². The minimum absolute atomic E-state index is 0.159. The zero-order chi connectivity index (χ0) is 13.8. The highest BCUT2D eigenvalue weighted by atomic mass is 16.4. The van der Waals surface area contributed by atoms with Crippen LogP contribution in [0.25, 0.3) is 0 Å². The molecule has 1 fully saturated rings. The number of aldehydes is 1. The topological polar surface area (TPSA) is 81.1 Å². The van der Waals surface area contributed by atoms with Gasteiger partial charge in [0.15, 0.2) is 0 Å². The number of benzene rings is 1. The lowest BCUT2D eigenvalue weighted by atomic mass is 10.1. The summed E-state index contributed by atoms with van der Waals surface area (Å²) >= 11 is 0. The van der Waals surface area contributed by atoms with Crippen molar-refractivity contribution in [1.29, 1.82) is 0 Å². The number of piperazine rings is 1. The average molecular weight is 264 g/mol. The Kier molecular flexibility index (Phi) is 4.01. The molecule has 0 aromatic heterocycles. The number of rotatable bonds is 3. The van der Waals surface area contributed by atoms with E-state index in [4.69, 9.17) is 5.11 Å². The second-order valence-corrected chi connectivity index (χ2v) is 4.55. The molecule has 19 heavy (non-hydrogen) atoms. The summed E-state index contributed by atoms with van der Waals surface area (Å²) < 4.78 is 0. The van der Waals surface area contributed by atoms with E-state index in [-0.39, 0.29) is 5.75 Å². The molecule has 6 nitrogen and oxygen atoms in total. The number of carboxylic acid groups (broad SMARTS) is 1. The van der Waals surface area contributed by atoms with Gasteiger partial charge in [-0.3, -0.25) is 9.69 Å². The van der Waals surface area contributed by atoms with Crippen molar-refractivity contribution in [2.75, 3.05) is 26.2 Å². The van der Waals surface area contributed by atoms with Gasteiger partial charge < -0.3 is 15.1 Å². The molecule has 1 amide bonds. The average Bonchev–Trinajstić information content (AvgIpc) is 2.42. The Bertz CT molecular complexity index is 482. The Hall–Kier alpha value is -2.08. The van der Waals surface area contributed by atoms with Crippen molar-refractivity contribution in [3.8, 4) is 5.75 Å². The van der Waals surface area contributed by atoms with Crippen LogP contribution in [-0.2, 0) is 6.54 Å². The number of carbonyl (C=O) groups excluding carboxylic acids is 1. The van der Waals surface area contributed by atoms with E-state index >= 15 is 0 Å². The molecule has 0 spiro atoms. The van der Waals surface area contributed by atoms with E-state index in [0.29, 0.717) is 43.9 Å². The highest BCUT2D eigenvalue weighted by molar-refractivity contribution is 5.75. The van der Waals surface area contributed by atoms with Crippen LogP contribution in [0.4, 0.5) is 4.79 Å². The van der Waals surface area contributed by atoms with E-state index in [2.05, 4.69) is 4.90 Å². The Morgan fingerprint density at radius 2 is 1.95 bits per heavy atom. The van der Waals surface area contributed by atoms with Gasteiger partial charge in [-0.15, -0.1) is 0 Å². The quantitative estimate of drug-likeness (QED) is 0.796. The first-order valence-corrected chi connectivity index (χ1v) is 6.07. The van der Waals surface area contributed by atoms with Gasteiger partial charge in [-0.2, -0.15) is 0 Å². The number of phenolic OH excluding ortho intramolecular Hbond substituents is 1. The zero-order valence-electron chi connectivity index (χ0n) is 10.5. The van der Waals surface area contributed by atoms with Gasteiger partial charge in [-0.25, -0.2) is 4.79 Å². The number of phenols is 1. The molecule has 6 heteroatoms. The Morgan fingerprint density at radius 3 is 2.53 bits per heavy atom. The number of hydrogen-bond acceptors (Lipinski definition) is 4. The first kappa shape index (κ1) is 13.4. The maximum atomic E-state index is 10.8. The minimum atomic E-state index is -0.898. The molecule has 102 valence electrons. The molecule has 0 unspecified atom stereocenters. The Labute approximate surface area is 110 Å². The maximum absolute atomic E-state index is 10.8. The minimum Gasteiger partial charge on any atom is -0.508 e. The molecule has 1 aliphatic rings. The van der Waals surface area contributed by atoms with Crippen molar-refractivity contribution in [2.45, 2.75) is 6.54 Å². The van der Waals surface area contributed by atoms with Gasteiger partial charge >= 0.3 is 6.09 Å². The van der Waals surface area contributed by atoms with Crippen LogP contribution < -0.4 is 0 Å². The third kappa shape index (κ3) is 3.23. The number of aromatic hydroxyl groups is 1. The molecule has 0 aliphatic carbocycles. The van der Waals surface area contributed by atoms with E-state index < -0.39 is 6.09 Å². The number of hydrogen-bond donors (Lipinski definition) is 2. The SMILES string of the molecule is O=Cc1ccc(O)c(CN2CCN(C(=O)O)CC2)c1. The van der Waals surface area contributed by atoms with E-state index in [0.717, 1.165) is 6.29 Å². The highest BCUT2D eigenvalue weighted by Gasteiger charge is 2.20. The Balaban J connectivity index is 1.99. The maximum Gasteiger partial charge on any atom is 0.407 e. The van der Waals surface area contributed by atoms with Crippen LogP contribution in [0.3, 0.4) is 0 Å². The molecule has 2 rings (SSSR count). The zero-order valence-corrected chi connectivity index (χ0v) is 10.5. The van der Waals surface area contributed by atoms with Gasteiger partial charge in [-0.1, -0.05) is 0 Å². The molecular weight excluding hydrogens is 248 g/mol. The molecule has 1 aliphatic heterocycles. The number of nitrogens with zero attached hydrogens (tertiary/aromatic N) is 2. The first-order valence-electron chi connectivity index (χ1n) is 6.07. The van der Waals surface area contributed by atoms with Crippen LogP contribution in [0.5, 0.6) is 5.75 Å². The molecule has 0 bridgehead atoms. The number of carbonyl (C=O) groups is 2. The Morgan fingerprint density at radius 1 is 1.26 bits per heavy atom. The van der Waals surface area contributed by atoms with Crippen molar-refractivity contribution in [2.24, 2.45) is 0 Å². The van der Waals surface area contributed by atoms with Crippen molar-refractivity contribution >= 4 is 12.4 Å². The molecule has 1 heterocycles. The number of amides is 1. The van der Waals surface area contributed by atoms with E-state index in [1.54, 1.807) is 12.1 Å². The van der Waals surface area contributed by atoms with Crippen molar-refractivity contribution in [3.63, 3.8) is 0 Å². The van der Waals surface area contributed by atoms with Gasteiger partial charge in [-0.05, 0) is 18.2 Å². The van der Waals surface area contributed by atoms with Crippen LogP contribution in [0.2, 0.25) is 0 Å². The van der Waals surface area contributed by atoms with Crippen molar-refractivity contribution < 1.29 is 19.8 Å². The summed E-state index contributed by atoms with van der Waals surface area (Å²) in [5, 5.41) is 18.6. The van der Waals surface area contributed by atoms with E-state index in [1.165, 1.54) is 11.0 Å². The van der Waals surface area contributed by atoms with Crippen LogP contribution in [-0.4, -0.2) is 58.6 Å². The smallest absolute Gasteiger partial charge is 0.407 e. The van der Waals surface area contributed by atoms with Crippen LogP contribution in [0.15, 0.2) is 18.2 Å². The highest BCUT2D eigenvalue weighted by Crippen LogP contribution is 2.20.